The Morgan fingerprint density at radius 1 is 1.12 bits per heavy atom. The van der Waals surface area contributed by atoms with Gasteiger partial charge in [0.05, 0.1) is 34.4 Å². The Hall–Kier alpha value is -2.81. The minimum Gasteiger partial charge on any atom is -0.497 e. The Morgan fingerprint density at radius 3 is 2.27 bits per heavy atom. The van der Waals surface area contributed by atoms with Crippen LogP contribution in [0.1, 0.15) is 5.56 Å². The highest BCUT2D eigenvalue weighted by molar-refractivity contribution is 5.96. The van der Waals surface area contributed by atoms with E-state index in [0.29, 0.717) is 24.6 Å². The van der Waals surface area contributed by atoms with Crippen LogP contribution in [0.25, 0.3) is 0 Å². The van der Waals surface area contributed by atoms with Gasteiger partial charge in [0.1, 0.15) is 11.5 Å². The van der Waals surface area contributed by atoms with Crippen LogP contribution in [-0.4, -0.2) is 75.2 Å². The number of carbonyl (C=O) groups is 3. The SMILES string of the molecule is COC(=O)CN(CC(=O)N1CCNC1=O)Cc1cc(OC)cc(OC)c1. The molecule has 1 aromatic rings. The molecule has 1 N–H and O–H groups in total. The van der Waals surface area contributed by atoms with E-state index < -0.39 is 12.0 Å². The minimum absolute atomic E-state index is 0.0861. The van der Waals surface area contributed by atoms with Crippen LogP contribution in [-0.2, 0) is 20.9 Å². The molecule has 0 radical (unpaired) electrons. The summed E-state index contributed by atoms with van der Waals surface area (Å²) in [4.78, 5) is 38.5. The molecule has 3 amide bonds. The number of rotatable bonds is 8. The fourth-order valence-corrected chi connectivity index (χ4v) is 2.62. The Bertz CT molecular complexity index is 656. The molecule has 1 heterocycles. The van der Waals surface area contributed by atoms with E-state index >= 15 is 0 Å². The van der Waals surface area contributed by atoms with E-state index in [1.807, 2.05) is 0 Å². The minimum atomic E-state index is -0.474. The van der Waals surface area contributed by atoms with Gasteiger partial charge in [-0.1, -0.05) is 0 Å². The molecule has 0 bridgehead atoms. The molecule has 1 saturated heterocycles. The molecule has 0 spiro atoms. The zero-order valence-electron chi connectivity index (χ0n) is 15.1. The van der Waals surface area contributed by atoms with E-state index in [-0.39, 0.29) is 25.5 Å². The van der Waals surface area contributed by atoms with Crippen molar-refractivity contribution in [2.24, 2.45) is 0 Å². The maximum Gasteiger partial charge on any atom is 0.324 e. The third-order valence-corrected chi connectivity index (χ3v) is 3.91. The molecule has 9 nitrogen and oxygen atoms in total. The summed E-state index contributed by atoms with van der Waals surface area (Å²) in [7, 11) is 4.37. The Morgan fingerprint density at radius 2 is 1.77 bits per heavy atom. The van der Waals surface area contributed by atoms with Crippen molar-refractivity contribution in [2.75, 3.05) is 47.5 Å². The molecule has 1 fully saturated rings. The predicted octanol–water partition coefficient (Wildman–Crippen LogP) is 0.231. The molecule has 1 aliphatic rings. The van der Waals surface area contributed by atoms with Gasteiger partial charge in [-0.2, -0.15) is 0 Å². The lowest BCUT2D eigenvalue weighted by atomic mass is 10.2. The van der Waals surface area contributed by atoms with Crippen LogP contribution >= 0.6 is 0 Å². The number of amides is 3. The summed E-state index contributed by atoms with van der Waals surface area (Å²) in [5.74, 6) is 0.350. The smallest absolute Gasteiger partial charge is 0.324 e. The lowest BCUT2D eigenvalue weighted by Crippen LogP contribution is -2.43. The van der Waals surface area contributed by atoms with Gasteiger partial charge < -0.3 is 19.5 Å². The van der Waals surface area contributed by atoms with Crippen LogP contribution in [0.2, 0.25) is 0 Å². The first-order valence-electron chi connectivity index (χ1n) is 8.06. The van der Waals surface area contributed by atoms with Crippen molar-refractivity contribution in [1.82, 2.24) is 15.1 Å². The topological polar surface area (TPSA) is 97.4 Å². The maximum atomic E-state index is 12.4. The molecule has 1 aromatic carbocycles. The molecule has 0 aliphatic carbocycles. The normalized spacial score (nSPS) is 13.5. The van der Waals surface area contributed by atoms with Gasteiger partial charge in [-0.05, 0) is 17.7 Å². The number of benzene rings is 1. The van der Waals surface area contributed by atoms with Gasteiger partial charge in [-0.15, -0.1) is 0 Å². The van der Waals surface area contributed by atoms with Gasteiger partial charge in [0.2, 0.25) is 5.91 Å². The number of ether oxygens (including phenoxy) is 3. The molecule has 0 aromatic heterocycles. The number of carbonyl (C=O) groups excluding carboxylic acids is 3. The number of nitrogens with one attached hydrogen (secondary N) is 1. The lowest BCUT2D eigenvalue weighted by molar-refractivity contribution is -0.142. The predicted molar refractivity (Wildman–Crippen MR) is 92.0 cm³/mol. The van der Waals surface area contributed by atoms with E-state index in [1.165, 1.54) is 7.11 Å². The first-order valence-corrected chi connectivity index (χ1v) is 8.06. The Labute approximate surface area is 151 Å². The summed E-state index contributed by atoms with van der Waals surface area (Å²) >= 11 is 0. The number of imide groups is 1. The average Bonchev–Trinajstić information content (AvgIpc) is 3.07. The summed E-state index contributed by atoms with van der Waals surface area (Å²) in [6, 6.07) is 4.89. The van der Waals surface area contributed by atoms with E-state index in [1.54, 1.807) is 37.3 Å². The van der Waals surface area contributed by atoms with Crippen molar-refractivity contribution in [3.05, 3.63) is 23.8 Å². The third kappa shape index (κ3) is 5.09. The van der Waals surface area contributed by atoms with E-state index in [9.17, 15) is 14.4 Å². The molecular weight excluding hydrogens is 342 g/mol. The van der Waals surface area contributed by atoms with Crippen LogP contribution in [0.5, 0.6) is 11.5 Å². The van der Waals surface area contributed by atoms with Crippen LogP contribution in [0.3, 0.4) is 0 Å². The Kier molecular flexibility index (Phi) is 6.79. The number of esters is 1. The summed E-state index contributed by atoms with van der Waals surface area (Å²) in [6.45, 7) is 0.842. The third-order valence-electron chi connectivity index (χ3n) is 3.91. The lowest BCUT2D eigenvalue weighted by Gasteiger charge is -2.23. The van der Waals surface area contributed by atoms with Crippen molar-refractivity contribution in [1.29, 1.82) is 0 Å². The zero-order valence-corrected chi connectivity index (χ0v) is 15.1. The van der Waals surface area contributed by atoms with Gasteiger partial charge >= 0.3 is 12.0 Å². The second-order valence-corrected chi connectivity index (χ2v) is 5.72. The van der Waals surface area contributed by atoms with E-state index in [4.69, 9.17) is 14.2 Å². The van der Waals surface area contributed by atoms with Crippen molar-refractivity contribution >= 4 is 17.9 Å². The van der Waals surface area contributed by atoms with Gasteiger partial charge in [0.15, 0.2) is 0 Å². The summed E-state index contributed by atoms with van der Waals surface area (Å²) in [6.07, 6.45) is 0. The first-order chi connectivity index (χ1) is 12.5. The van der Waals surface area contributed by atoms with Crippen molar-refractivity contribution in [2.45, 2.75) is 6.54 Å². The summed E-state index contributed by atoms with van der Waals surface area (Å²) in [5, 5.41) is 2.58. The van der Waals surface area contributed by atoms with Crippen molar-refractivity contribution < 1.29 is 28.6 Å². The number of urea groups is 1. The molecule has 0 unspecified atom stereocenters. The van der Waals surface area contributed by atoms with Crippen LogP contribution in [0.15, 0.2) is 18.2 Å². The van der Waals surface area contributed by atoms with Crippen LogP contribution < -0.4 is 14.8 Å². The van der Waals surface area contributed by atoms with Crippen LogP contribution in [0.4, 0.5) is 4.79 Å². The molecule has 9 heteroatoms. The second kappa shape index (κ2) is 9.04. The van der Waals surface area contributed by atoms with E-state index in [0.717, 1.165) is 10.5 Å². The molecule has 26 heavy (non-hydrogen) atoms. The number of hydrogen-bond donors (Lipinski definition) is 1. The quantitative estimate of drug-likeness (QED) is 0.659. The summed E-state index contributed by atoms with van der Waals surface area (Å²) in [5.41, 5.74) is 0.795. The zero-order chi connectivity index (χ0) is 19.1. The van der Waals surface area contributed by atoms with Gasteiger partial charge in [-0.3, -0.25) is 19.4 Å². The first kappa shape index (κ1) is 19.5. The number of methoxy groups -OCH3 is 3. The Balaban J connectivity index is 2.15. The average molecular weight is 365 g/mol. The van der Waals surface area contributed by atoms with Crippen molar-refractivity contribution in [3.8, 4) is 11.5 Å². The molecule has 2 rings (SSSR count). The highest BCUT2D eigenvalue weighted by Gasteiger charge is 2.28. The second-order valence-electron chi connectivity index (χ2n) is 5.72. The fraction of sp³-hybridized carbons (Fsp3) is 0.471. The van der Waals surface area contributed by atoms with Gasteiger partial charge in [0, 0.05) is 25.7 Å². The standard InChI is InChI=1S/C17H23N3O6/c1-24-13-6-12(7-14(8-13)25-2)9-19(11-16(22)26-3)10-15(21)20-5-4-18-17(20)23/h6-8H,4-5,9-11H2,1-3H3,(H,18,23). The molecular formula is C17H23N3O6. The summed E-state index contributed by atoms with van der Waals surface area (Å²) < 4.78 is 15.2. The molecule has 0 saturated carbocycles. The number of nitrogens with zero attached hydrogens (tertiary/aromatic N) is 2. The van der Waals surface area contributed by atoms with Crippen LogP contribution in [0, 0.1) is 0 Å². The monoisotopic (exact) mass is 365 g/mol. The highest BCUT2D eigenvalue weighted by Crippen LogP contribution is 2.23. The molecule has 1 aliphatic heterocycles. The number of hydrogen-bond acceptors (Lipinski definition) is 7. The molecule has 142 valence electrons. The van der Waals surface area contributed by atoms with Gasteiger partial charge in [0.25, 0.3) is 0 Å². The van der Waals surface area contributed by atoms with Gasteiger partial charge in [-0.25, -0.2) is 4.79 Å². The van der Waals surface area contributed by atoms with Crippen molar-refractivity contribution in [3.63, 3.8) is 0 Å². The fourth-order valence-electron chi connectivity index (χ4n) is 2.62. The maximum absolute atomic E-state index is 12.4. The molecule has 0 atom stereocenters. The largest absolute Gasteiger partial charge is 0.497 e. The highest BCUT2D eigenvalue weighted by atomic mass is 16.5. The van der Waals surface area contributed by atoms with E-state index in [2.05, 4.69) is 5.32 Å².